The zero-order valence-corrected chi connectivity index (χ0v) is 19.9. The zero-order chi connectivity index (χ0) is 22.3. The third kappa shape index (κ3) is 6.31. The number of unbranched alkanes of at least 4 members (excludes halogenated alkanes) is 2. The van der Waals surface area contributed by atoms with Crippen LogP contribution in [0.1, 0.15) is 45.1 Å². The maximum absolute atomic E-state index is 9.23. The van der Waals surface area contributed by atoms with E-state index in [1.165, 1.54) is 12.8 Å². The molecule has 1 unspecified atom stereocenters. The van der Waals surface area contributed by atoms with E-state index < -0.39 is 10.0 Å². The van der Waals surface area contributed by atoms with Crippen LogP contribution < -0.4 is 0 Å². The molecule has 8 heteroatoms. The lowest BCUT2D eigenvalue weighted by Crippen LogP contribution is -2.09. The van der Waals surface area contributed by atoms with Crippen LogP contribution in [-0.4, -0.2) is 55.4 Å². The molecule has 0 saturated carbocycles. The van der Waals surface area contributed by atoms with Gasteiger partial charge >= 0.3 is 0 Å². The average Bonchev–Trinajstić information content (AvgIpc) is 3.37. The molecule has 0 spiro atoms. The van der Waals surface area contributed by atoms with Crippen LogP contribution >= 0.6 is 10.0 Å². The lowest BCUT2D eigenvalue weighted by Gasteiger charge is -2.24. The minimum Gasteiger partial charge on any atom is -0.360 e. The molecule has 168 valence electrons. The average molecular weight is 443 g/mol. The fourth-order valence-electron chi connectivity index (χ4n) is 3.53. The molecule has 0 N–H and O–H groups in total. The zero-order valence-electron chi connectivity index (χ0n) is 19.1. The first kappa shape index (κ1) is 23.3. The number of nitriles is 1. The van der Waals surface area contributed by atoms with Crippen molar-refractivity contribution in [3.8, 4) is 17.3 Å². The molecule has 3 rings (SSSR count). The first-order chi connectivity index (χ1) is 14.9. The maximum Gasteiger partial charge on any atom is 0.145 e. The number of nitrogens with zero attached hydrogens (tertiary/aromatic N) is 6. The Morgan fingerprint density at radius 1 is 1.23 bits per heavy atom. The highest BCUT2D eigenvalue weighted by Crippen LogP contribution is 2.33. The summed E-state index contributed by atoms with van der Waals surface area (Å²) in [6.45, 7) is 3.42. The van der Waals surface area contributed by atoms with Gasteiger partial charge in [0.05, 0.1) is 37.0 Å². The highest BCUT2D eigenvalue weighted by Gasteiger charge is 2.16. The van der Waals surface area contributed by atoms with Crippen LogP contribution in [0.4, 0.5) is 0 Å². The number of fused-ring (bicyclic) bond motifs is 1. The smallest absolute Gasteiger partial charge is 0.145 e. The van der Waals surface area contributed by atoms with E-state index in [9.17, 15) is 5.26 Å². The van der Waals surface area contributed by atoms with Gasteiger partial charge in [-0.1, -0.05) is 26.2 Å². The SMILES string of the molecule is CCCCCC(CC#N)n1cc(-c2ncnc3c2ccn3COCCS(C)(C)C)cn1. The molecule has 0 saturated heterocycles. The number of rotatable bonds is 12. The largest absolute Gasteiger partial charge is 0.360 e. The molecule has 7 nitrogen and oxygen atoms in total. The minimum absolute atomic E-state index is 0.102. The number of aromatic nitrogens is 5. The van der Waals surface area contributed by atoms with E-state index in [1.807, 2.05) is 33.9 Å². The summed E-state index contributed by atoms with van der Waals surface area (Å²) in [5.41, 5.74) is 2.66. The Hall–Kier alpha value is -2.37. The number of hydrogen-bond donors (Lipinski definition) is 0. The Morgan fingerprint density at radius 3 is 2.81 bits per heavy atom. The summed E-state index contributed by atoms with van der Waals surface area (Å²) in [6, 6.07) is 4.44. The van der Waals surface area contributed by atoms with E-state index in [4.69, 9.17) is 4.74 Å². The van der Waals surface area contributed by atoms with Gasteiger partial charge in [-0.3, -0.25) is 4.68 Å². The molecule has 3 aromatic rings. The normalized spacial score (nSPS) is 13.4. The highest BCUT2D eigenvalue weighted by molar-refractivity contribution is 8.32. The third-order valence-corrected chi connectivity index (χ3v) is 6.73. The summed E-state index contributed by atoms with van der Waals surface area (Å²) in [6.07, 6.45) is 19.2. The van der Waals surface area contributed by atoms with Gasteiger partial charge in [-0.2, -0.15) is 10.4 Å². The highest BCUT2D eigenvalue weighted by atomic mass is 32.3. The van der Waals surface area contributed by atoms with E-state index in [0.29, 0.717) is 13.2 Å². The fourth-order valence-corrected chi connectivity index (χ4v) is 4.15. The molecule has 0 aliphatic heterocycles. The quantitative estimate of drug-likeness (QED) is 0.369. The van der Waals surface area contributed by atoms with Crippen LogP contribution in [0.5, 0.6) is 0 Å². The first-order valence-corrected chi connectivity index (χ1v) is 13.9. The topological polar surface area (TPSA) is 81.5 Å². The molecule has 0 aromatic carbocycles. The van der Waals surface area contributed by atoms with Crippen molar-refractivity contribution in [2.45, 2.75) is 51.8 Å². The van der Waals surface area contributed by atoms with E-state index >= 15 is 0 Å². The molecule has 0 radical (unpaired) electrons. The van der Waals surface area contributed by atoms with Crippen LogP contribution in [0, 0.1) is 11.3 Å². The molecule has 31 heavy (non-hydrogen) atoms. The van der Waals surface area contributed by atoms with Gasteiger partial charge in [0.15, 0.2) is 0 Å². The van der Waals surface area contributed by atoms with Crippen LogP contribution in [0.2, 0.25) is 0 Å². The van der Waals surface area contributed by atoms with Crippen molar-refractivity contribution in [3.63, 3.8) is 0 Å². The van der Waals surface area contributed by atoms with Crippen LogP contribution in [0.25, 0.3) is 22.3 Å². The van der Waals surface area contributed by atoms with E-state index in [1.54, 1.807) is 6.33 Å². The summed E-state index contributed by atoms with van der Waals surface area (Å²) in [5, 5.41) is 14.8. The maximum atomic E-state index is 9.23. The molecule has 0 fully saturated rings. The van der Waals surface area contributed by atoms with Crippen molar-refractivity contribution < 1.29 is 4.74 Å². The van der Waals surface area contributed by atoms with Crippen molar-refractivity contribution in [3.05, 3.63) is 31.0 Å². The Bertz CT molecular complexity index is 1010. The van der Waals surface area contributed by atoms with E-state index in [-0.39, 0.29) is 6.04 Å². The van der Waals surface area contributed by atoms with Crippen molar-refractivity contribution in [2.75, 3.05) is 31.1 Å². The molecule has 0 amide bonds. The van der Waals surface area contributed by atoms with Gasteiger partial charge in [0.1, 0.15) is 18.7 Å². The van der Waals surface area contributed by atoms with Gasteiger partial charge in [-0.05, 0) is 31.3 Å². The van der Waals surface area contributed by atoms with Gasteiger partial charge in [-0.25, -0.2) is 20.0 Å². The minimum atomic E-state index is -0.556. The molecule has 0 bridgehead atoms. The van der Waals surface area contributed by atoms with Crippen molar-refractivity contribution in [1.82, 2.24) is 24.3 Å². The summed E-state index contributed by atoms with van der Waals surface area (Å²) >= 11 is 0. The lowest BCUT2D eigenvalue weighted by molar-refractivity contribution is 0.0923. The molecule has 0 aliphatic carbocycles. The summed E-state index contributed by atoms with van der Waals surface area (Å²) in [4.78, 5) is 9.02. The van der Waals surface area contributed by atoms with Gasteiger partial charge in [0, 0.05) is 29.1 Å². The first-order valence-electron chi connectivity index (χ1n) is 10.9. The molecular weight excluding hydrogens is 408 g/mol. The van der Waals surface area contributed by atoms with E-state index in [0.717, 1.165) is 47.5 Å². The number of ether oxygens (including phenoxy) is 1. The summed E-state index contributed by atoms with van der Waals surface area (Å²) < 4.78 is 9.84. The van der Waals surface area contributed by atoms with Gasteiger partial charge < -0.3 is 9.30 Å². The van der Waals surface area contributed by atoms with Gasteiger partial charge in [-0.15, -0.1) is 0 Å². The predicted molar refractivity (Wildman–Crippen MR) is 128 cm³/mol. The van der Waals surface area contributed by atoms with Crippen molar-refractivity contribution in [1.29, 1.82) is 5.26 Å². The number of hydrogen-bond acceptors (Lipinski definition) is 5. The van der Waals surface area contributed by atoms with Crippen molar-refractivity contribution in [2.24, 2.45) is 0 Å². The van der Waals surface area contributed by atoms with Crippen molar-refractivity contribution >= 4 is 21.1 Å². The molecular formula is C23H34N6OS. The predicted octanol–water partition coefficient (Wildman–Crippen LogP) is 5.00. The van der Waals surface area contributed by atoms with Crippen LogP contribution in [0.15, 0.2) is 31.0 Å². The fraction of sp³-hybridized carbons (Fsp3) is 0.565. The Kier molecular flexibility index (Phi) is 8.10. The Labute approximate surface area is 186 Å². The summed E-state index contributed by atoms with van der Waals surface area (Å²) in [7, 11) is -0.556. The Morgan fingerprint density at radius 2 is 2.06 bits per heavy atom. The monoisotopic (exact) mass is 442 g/mol. The van der Waals surface area contributed by atoms with E-state index in [2.05, 4.69) is 46.8 Å². The second-order valence-electron chi connectivity index (χ2n) is 8.80. The molecule has 3 heterocycles. The molecule has 3 aromatic heterocycles. The molecule has 1 atom stereocenters. The second kappa shape index (κ2) is 10.8. The molecule has 0 aliphatic rings. The second-order valence-corrected chi connectivity index (χ2v) is 13.4. The van der Waals surface area contributed by atoms with Crippen LogP contribution in [0.3, 0.4) is 0 Å². The third-order valence-electron chi connectivity index (χ3n) is 5.34. The standard InChI is InChI=1S/C23H34N6OS/c1-5-6-7-8-20(9-11-24)29-16-19(15-27-29)22-21-10-12-28(23(21)26-17-25-22)18-30-13-14-31(2,3)4/h10,12,15-17,20H,5-9,13-14,18H2,1-4H3. The van der Waals surface area contributed by atoms with Gasteiger partial charge in [0.25, 0.3) is 0 Å². The lowest BCUT2D eigenvalue weighted by atomic mass is 10.1. The Balaban J connectivity index is 1.76. The van der Waals surface area contributed by atoms with Crippen LogP contribution in [-0.2, 0) is 11.5 Å². The van der Waals surface area contributed by atoms with Gasteiger partial charge in [0.2, 0.25) is 0 Å². The summed E-state index contributed by atoms with van der Waals surface area (Å²) in [5.74, 6) is 1.09.